The largest absolute Gasteiger partial charge is 0.480 e. The van der Waals surface area contributed by atoms with Crippen molar-refractivity contribution in [1.29, 1.82) is 0 Å². The van der Waals surface area contributed by atoms with E-state index in [1.165, 1.54) is 0 Å². The van der Waals surface area contributed by atoms with Crippen molar-refractivity contribution in [3.05, 3.63) is 0 Å². The first-order valence-corrected chi connectivity index (χ1v) is 5.91. The third-order valence-corrected chi connectivity index (χ3v) is 3.14. The summed E-state index contributed by atoms with van der Waals surface area (Å²) in [6.07, 6.45) is 3.03. The van der Waals surface area contributed by atoms with Gasteiger partial charge in [0.1, 0.15) is 6.04 Å². The number of carboxylic acid groups (broad SMARTS) is 1. The maximum Gasteiger partial charge on any atom is 0.320 e. The normalized spacial score (nSPS) is 18.4. The van der Waals surface area contributed by atoms with Crippen molar-refractivity contribution in [2.75, 3.05) is 20.3 Å². The standard InChI is InChI=1S/C12H23NO3/c1-12(2,6-7-16-3)8-13-10(11(14)15)9-4-5-9/h9-10,13H,4-8H2,1-3H3,(H,14,15). The Morgan fingerprint density at radius 2 is 2.19 bits per heavy atom. The predicted molar refractivity (Wildman–Crippen MR) is 62.4 cm³/mol. The minimum absolute atomic E-state index is 0.0819. The first-order valence-electron chi connectivity index (χ1n) is 5.91. The van der Waals surface area contributed by atoms with Crippen LogP contribution < -0.4 is 5.32 Å². The van der Waals surface area contributed by atoms with Gasteiger partial charge in [-0.15, -0.1) is 0 Å². The van der Waals surface area contributed by atoms with Crippen molar-refractivity contribution >= 4 is 5.97 Å². The van der Waals surface area contributed by atoms with Gasteiger partial charge in [0.05, 0.1) is 0 Å². The van der Waals surface area contributed by atoms with E-state index in [-0.39, 0.29) is 11.5 Å². The molecule has 0 amide bonds. The van der Waals surface area contributed by atoms with Gasteiger partial charge in [-0.05, 0) is 30.6 Å². The molecule has 0 radical (unpaired) electrons. The topological polar surface area (TPSA) is 58.6 Å². The molecule has 1 fully saturated rings. The summed E-state index contributed by atoms with van der Waals surface area (Å²) in [6.45, 7) is 5.70. The number of hydrogen-bond acceptors (Lipinski definition) is 3. The van der Waals surface area contributed by atoms with Crippen LogP contribution in [0.3, 0.4) is 0 Å². The highest BCUT2D eigenvalue weighted by Crippen LogP contribution is 2.33. The molecule has 0 saturated heterocycles. The number of carbonyl (C=O) groups is 1. The van der Waals surface area contributed by atoms with Gasteiger partial charge in [0, 0.05) is 20.3 Å². The summed E-state index contributed by atoms with van der Waals surface area (Å²) >= 11 is 0. The van der Waals surface area contributed by atoms with Crippen molar-refractivity contribution in [2.24, 2.45) is 11.3 Å². The smallest absolute Gasteiger partial charge is 0.320 e. The molecule has 2 N–H and O–H groups in total. The summed E-state index contributed by atoms with van der Waals surface area (Å²) in [5, 5.41) is 12.2. The van der Waals surface area contributed by atoms with Gasteiger partial charge in [0.2, 0.25) is 0 Å². The first-order chi connectivity index (χ1) is 7.46. The van der Waals surface area contributed by atoms with E-state index in [2.05, 4.69) is 19.2 Å². The molecule has 0 heterocycles. The van der Waals surface area contributed by atoms with Crippen LogP contribution >= 0.6 is 0 Å². The maximum absolute atomic E-state index is 11.0. The summed E-state index contributed by atoms with van der Waals surface area (Å²) in [6, 6.07) is -0.359. The number of nitrogens with one attached hydrogen (secondary N) is 1. The van der Waals surface area contributed by atoms with Crippen LogP contribution in [0.2, 0.25) is 0 Å². The van der Waals surface area contributed by atoms with Gasteiger partial charge in [0.15, 0.2) is 0 Å². The lowest BCUT2D eigenvalue weighted by molar-refractivity contribution is -0.140. The fourth-order valence-electron chi connectivity index (χ4n) is 1.74. The van der Waals surface area contributed by atoms with Crippen LogP contribution in [0.1, 0.15) is 33.1 Å². The summed E-state index contributed by atoms with van der Waals surface area (Å²) < 4.78 is 5.05. The maximum atomic E-state index is 11.0. The van der Waals surface area contributed by atoms with Gasteiger partial charge >= 0.3 is 5.97 Å². The lowest BCUT2D eigenvalue weighted by Gasteiger charge is -2.26. The first kappa shape index (κ1) is 13.5. The highest BCUT2D eigenvalue weighted by atomic mass is 16.5. The number of carboxylic acids is 1. The number of hydrogen-bond donors (Lipinski definition) is 2. The van der Waals surface area contributed by atoms with Gasteiger partial charge in [-0.2, -0.15) is 0 Å². The van der Waals surface area contributed by atoms with Gasteiger partial charge < -0.3 is 15.2 Å². The SMILES string of the molecule is COCCC(C)(C)CNC(C(=O)O)C1CC1. The van der Waals surface area contributed by atoms with Crippen molar-refractivity contribution < 1.29 is 14.6 Å². The van der Waals surface area contributed by atoms with Gasteiger partial charge in [-0.3, -0.25) is 4.79 Å². The summed E-state index contributed by atoms with van der Waals surface area (Å²) in [4.78, 5) is 11.0. The van der Waals surface area contributed by atoms with E-state index < -0.39 is 5.97 Å². The summed E-state index contributed by atoms with van der Waals surface area (Å²) in [5.74, 6) is -0.374. The fraction of sp³-hybridized carbons (Fsp3) is 0.917. The van der Waals surface area contributed by atoms with Crippen LogP contribution in [0.4, 0.5) is 0 Å². The van der Waals surface area contributed by atoms with Crippen LogP contribution in [0.5, 0.6) is 0 Å². The zero-order chi connectivity index (χ0) is 12.2. The second kappa shape index (κ2) is 5.64. The van der Waals surface area contributed by atoms with Crippen LogP contribution in [0, 0.1) is 11.3 Å². The molecule has 4 heteroatoms. The Labute approximate surface area is 97.4 Å². The van der Waals surface area contributed by atoms with E-state index in [4.69, 9.17) is 9.84 Å². The molecule has 1 aliphatic rings. The molecule has 1 unspecified atom stereocenters. The highest BCUT2D eigenvalue weighted by Gasteiger charge is 2.36. The number of methoxy groups -OCH3 is 1. The molecule has 1 saturated carbocycles. The molecule has 16 heavy (non-hydrogen) atoms. The number of rotatable bonds is 8. The Kier molecular flexibility index (Phi) is 4.74. The number of ether oxygens (including phenoxy) is 1. The van der Waals surface area contributed by atoms with E-state index in [1.54, 1.807) is 7.11 Å². The van der Waals surface area contributed by atoms with Crippen molar-refractivity contribution in [2.45, 2.75) is 39.2 Å². The third kappa shape index (κ3) is 4.49. The molecule has 0 aromatic rings. The molecule has 0 bridgehead atoms. The zero-order valence-electron chi connectivity index (χ0n) is 10.5. The Hall–Kier alpha value is -0.610. The van der Waals surface area contributed by atoms with Crippen LogP contribution in [0.15, 0.2) is 0 Å². The van der Waals surface area contributed by atoms with Gasteiger partial charge in [0.25, 0.3) is 0 Å². The van der Waals surface area contributed by atoms with Gasteiger partial charge in [-0.25, -0.2) is 0 Å². The van der Waals surface area contributed by atoms with E-state index >= 15 is 0 Å². The van der Waals surface area contributed by atoms with E-state index in [0.29, 0.717) is 5.92 Å². The zero-order valence-corrected chi connectivity index (χ0v) is 10.5. The molecule has 0 aromatic carbocycles. The van der Waals surface area contributed by atoms with E-state index in [9.17, 15) is 4.79 Å². The Bertz CT molecular complexity index is 236. The molecular weight excluding hydrogens is 206 g/mol. The van der Waals surface area contributed by atoms with E-state index in [1.807, 2.05) is 0 Å². The lowest BCUT2D eigenvalue weighted by Crippen LogP contribution is -2.43. The second-order valence-corrected chi connectivity index (χ2v) is 5.44. The second-order valence-electron chi connectivity index (χ2n) is 5.44. The average molecular weight is 229 g/mol. The van der Waals surface area contributed by atoms with Crippen molar-refractivity contribution in [1.82, 2.24) is 5.32 Å². The summed E-state index contributed by atoms with van der Waals surface area (Å²) in [7, 11) is 1.69. The van der Waals surface area contributed by atoms with Crippen molar-refractivity contribution in [3.63, 3.8) is 0 Å². The molecule has 4 nitrogen and oxygen atoms in total. The predicted octanol–water partition coefficient (Wildman–Crippen LogP) is 1.50. The molecule has 94 valence electrons. The third-order valence-electron chi connectivity index (χ3n) is 3.14. The molecule has 0 aliphatic heterocycles. The lowest BCUT2D eigenvalue weighted by atomic mass is 9.89. The minimum Gasteiger partial charge on any atom is -0.480 e. The molecule has 0 spiro atoms. The Morgan fingerprint density at radius 3 is 2.62 bits per heavy atom. The average Bonchev–Trinajstić information content (AvgIpc) is 2.98. The van der Waals surface area contributed by atoms with Crippen LogP contribution in [-0.4, -0.2) is 37.4 Å². The number of aliphatic carboxylic acids is 1. The fourth-order valence-corrected chi connectivity index (χ4v) is 1.74. The van der Waals surface area contributed by atoms with Crippen molar-refractivity contribution in [3.8, 4) is 0 Å². The monoisotopic (exact) mass is 229 g/mol. The summed E-state index contributed by atoms with van der Waals surface area (Å²) in [5.41, 5.74) is 0.0819. The van der Waals surface area contributed by atoms with Crippen LogP contribution in [0.25, 0.3) is 0 Å². The quantitative estimate of drug-likeness (QED) is 0.662. The van der Waals surface area contributed by atoms with Crippen LogP contribution in [-0.2, 0) is 9.53 Å². The molecule has 1 atom stereocenters. The molecule has 0 aromatic heterocycles. The molecule has 1 rings (SSSR count). The van der Waals surface area contributed by atoms with Gasteiger partial charge in [-0.1, -0.05) is 13.8 Å². The molecular formula is C12H23NO3. The Balaban J connectivity index is 2.32. The van der Waals surface area contributed by atoms with E-state index in [0.717, 1.165) is 32.4 Å². The Morgan fingerprint density at radius 1 is 1.56 bits per heavy atom. The highest BCUT2D eigenvalue weighted by molar-refractivity contribution is 5.74. The minimum atomic E-state index is -0.718. The molecule has 1 aliphatic carbocycles.